The van der Waals surface area contributed by atoms with E-state index in [0.717, 1.165) is 25.1 Å². The number of hydrogen-bond acceptors (Lipinski definition) is 3. The van der Waals surface area contributed by atoms with Crippen LogP contribution in [0, 0.1) is 0 Å². The van der Waals surface area contributed by atoms with Crippen LogP contribution < -0.4 is 5.73 Å². The van der Waals surface area contributed by atoms with Gasteiger partial charge in [-0.1, -0.05) is 0 Å². The van der Waals surface area contributed by atoms with Crippen molar-refractivity contribution in [1.82, 2.24) is 0 Å². The summed E-state index contributed by atoms with van der Waals surface area (Å²) in [5, 5.41) is 10.9. The highest BCUT2D eigenvalue weighted by Gasteiger charge is 2.04. The number of nitrogens with two attached hydrogens (primary N) is 1. The molecule has 0 spiro atoms. The minimum Gasteiger partial charge on any atom is -0.392 e. The van der Waals surface area contributed by atoms with Gasteiger partial charge in [0.1, 0.15) is 0 Å². The predicted molar refractivity (Wildman–Crippen MR) is 59.9 cm³/mol. The Bertz CT molecular complexity index is 452. The molecule has 2 aromatic rings. The maximum Gasteiger partial charge on any atom is 0.0869 e. The molecular weight excluding hydrogens is 250 g/mol. The Hall–Kier alpha value is -0.580. The van der Waals surface area contributed by atoms with Crippen LogP contribution in [0.4, 0.5) is 5.00 Å². The van der Waals surface area contributed by atoms with Crippen LogP contribution in [0.5, 0.6) is 0 Å². The van der Waals surface area contributed by atoms with Crippen LogP contribution in [-0.4, -0.2) is 5.11 Å². The molecule has 2 rings (SSSR count). The molecule has 0 saturated carbocycles. The summed E-state index contributed by atoms with van der Waals surface area (Å²) < 4.78 is 2.13. The maximum absolute atomic E-state index is 8.98. The van der Waals surface area contributed by atoms with Crippen LogP contribution in [0.15, 0.2) is 22.7 Å². The first kappa shape index (κ1) is 8.99. The smallest absolute Gasteiger partial charge is 0.0869 e. The molecule has 0 fully saturated rings. The average molecular weight is 258 g/mol. The van der Waals surface area contributed by atoms with E-state index in [1.54, 1.807) is 11.3 Å². The fraction of sp³-hybridized carbons (Fsp3) is 0.111. The van der Waals surface area contributed by atoms with Crippen molar-refractivity contribution in [3.05, 3.63) is 28.2 Å². The number of nitrogen functional groups attached to an aromatic ring is 1. The van der Waals surface area contributed by atoms with Gasteiger partial charge in [-0.2, -0.15) is 0 Å². The van der Waals surface area contributed by atoms with E-state index >= 15 is 0 Å². The number of rotatable bonds is 1. The van der Waals surface area contributed by atoms with Crippen molar-refractivity contribution in [2.75, 3.05) is 5.73 Å². The van der Waals surface area contributed by atoms with Crippen LogP contribution in [0.25, 0.3) is 10.1 Å². The fourth-order valence-electron chi connectivity index (χ4n) is 1.28. The number of fused-ring (bicyclic) bond motifs is 1. The molecule has 0 radical (unpaired) electrons. The van der Waals surface area contributed by atoms with Gasteiger partial charge in [-0.25, -0.2) is 0 Å². The Morgan fingerprint density at radius 3 is 2.85 bits per heavy atom. The van der Waals surface area contributed by atoms with Crippen molar-refractivity contribution in [3.8, 4) is 0 Å². The average Bonchev–Trinajstić information content (AvgIpc) is 2.46. The number of benzene rings is 1. The fourth-order valence-corrected chi connectivity index (χ4v) is 2.86. The van der Waals surface area contributed by atoms with Crippen LogP contribution in [0.1, 0.15) is 5.56 Å². The lowest BCUT2D eigenvalue weighted by molar-refractivity contribution is 0.282. The quantitative estimate of drug-likeness (QED) is 0.826. The summed E-state index contributed by atoms with van der Waals surface area (Å²) in [7, 11) is 0. The predicted octanol–water partition coefficient (Wildman–Crippen LogP) is 2.74. The van der Waals surface area contributed by atoms with Crippen molar-refractivity contribution in [3.63, 3.8) is 0 Å². The van der Waals surface area contributed by atoms with E-state index in [1.165, 1.54) is 0 Å². The van der Waals surface area contributed by atoms with Gasteiger partial charge < -0.3 is 10.8 Å². The number of anilines is 1. The molecule has 0 atom stereocenters. The number of aliphatic hydroxyl groups is 1. The van der Waals surface area contributed by atoms with Gasteiger partial charge in [0.15, 0.2) is 0 Å². The van der Waals surface area contributed by atoms with E-state index < -0.39 is 0 Å². The number of aliphatic hydroxyl groups excluding tert-OH is 1. The Morgan fingerprint density at radius 1 is 1.38 bits per heavy atom. The second-order valence-electron chi connectivity index (χ2n) is 2.80. The third-order valence-electron chi connectivity index (χ3n) is 1.83. The minimum absolute atomic E-state index is 0.0598. The number of hydrogen-bond donors (Lipinski definition) is 2. The van der Waals surface area contributed by atoms with Gasteiger partial charge in [0.2, 0.25) is 0 Å². The summed E-state index contributed by atoms with van der Waals surface area (Å²) >= 11 is 4.99. The van der Waals surface area contributed by atoms with Gasteiger partial charge in [-0.15, -0.1) is 11.3 Å². The van der Waals surface area contributed by atoms with Crippen LogP contribution in [0.2, 0.25) is 0 Å². The molecule has 0 aliphatic carbocycles. The zero-order valence-corrected chi connectivity index (χ0v) is 9.15. The maximum atomic E-state index is 8.98. The van der Waals surface area contributed by atoms with Crippen LogP contribution in [-0.2, 0) is 6.61 Å². The zero-order chi connectivity index (χ0) is 9.42. The van der Waals surface area contributed by atoms with Gasteiger partial charge in [0.05, 0.1) is 16.3 Å². The standard InChI is InChI=1S/C9H8BrNOS/c10-7-2-5(4-12)1-6-3-8(11)13-9(6)7/h1-3,12H,4,11H2. The summed E-state index contributed by atoms with van der Waals surface area (Å²) in [6.45, 7) is 0.0598. The highest BCUT2D eigenvalue weighted by atomic mass is 79.9. The first-order valence-electron chi connectivity index (χ1n) is 3.79. The summed E-state index contributed by atoms with van der Waals surface area (Å²) in [6.07, 6.45) is 0. The zero-order valence-electron chi connectivity index (χ0n) is 6.75. The van der Waals surface area contributed by atoms with Crippen LogP contribution in [0.3, 0.4) is 0 Å². The van der Waals surface area contributed by atoms with Gasteiger partial charge in [-0.05, 0) is 45.1 Å². The summed E-state index contributed by atoms with van der Waals surface area (Å²) in [5.41, 5.74) is 6.59. The molecule has 0 saturated heterocycles. The number of halogens is 1. The van der Waals surface area contributed by atoms with Crippen molar-refractivity contribution in [1.29, 1.82) is 0 Å². The summed E-state index contributed by atoms with van der Waals surface area (Å²) in [6, 6.07) is 5.79. The Kier molecular flexibility index (Phi) is 2.27. The summed E-state index contributed by atoms with van der Waals surface area (Å²) in [5.74, 6) is 0. The number of thiophene rings is 1. The third-order valence-corrected chi connectivity index (χ3v) is 3.73. The summed E-state index contributed by atoms with van der Waals surface area (Å²) in [4.78, 5) is 0. The second kappa shape index (κ2) is 3.29. The van der Waals surface area contributed by atoms with E-state index in [-0.39, 0.29) is 6.61 Å². The normalized spacial score (nSPS) is 10.9. The van der Waals surface area contributed by atoms with Crippen molar-refractivity contribution >= 4 is 42.4 Å². The highest BCUT2D eigenvalue weighted by Crippen LogP contribution is 2.34. The molecule has 1 heterocycles. The van der Waals surface area contributed by atoms with E-state index in [1.807, 2.05) is 18.2 Å². The largest absolute Gasteiger partial charge is 0.392 e. The van der Waals surface area contributed by atoms with Crippen molar-refractivity contribution < 1.29 is 5.11 Å². The van der Waals surface area contributed by atoms with Gasteiger partial charge in [-0.3, -0.25) is 0 Å². The molecule has 2 nitrogen and oxygen atoms in total. The van der Waals surface area contributed by atoms with Crippen molar-refractivity contribution in [2.24, 2.45) is 0 Å². The molecule has 68 valence electrons. The molecule has 0 aliphatic rings. The lowest BCUT2D eigenvalue weighted by Crippen LogP contribution is -1.81. The second-order valence-corrected chi connectivity index (χ2v) is 4.74. The Balaban J connectivity index is 2.75. The Morgan fingerprint density at radius 2 is 2.15 bits per heavy atom. The van der Waals surface area contributed by atoms with Gasteiger partial charge in [0, 0.05) is 4.47 Å². The van der Waals surface area contributed by atoms with E-state index in [2.05, 4.69) is 15.9 Å². The topological polar surface area (TPSA) is 46.2 Å². The SMILES string of the molecule is Nc1cc2cc(CO)cc(Br)c2s1. The molecule has 4 heteroatoms. The lowest BCUT2D eigenvalue weighted by atomic mass is 10.2. The molecule has 0 amide bonds. The molecule has 0 unspecified atom stereocenters. The first-order chi connectivity index (χ1) is 6.20. The molecular formula is C9H8BrNOS. The van der Waals surface area contributed by atoms with Crippen LogP contribution >= 0.6 is 27.3 Å². The molecule has 0 aliphatic heterocycles. The molecule has 13 heavy (non-hydrogen) atoms. The van der Waals surface area contributed by atoms with Crippen molar-refractivity contribution in [2.45, 2.75) is 6.61 Å². The molecule has 0 bridgehead atoms. The molecule has 1 aromatic heterocycles. The van der Waals surface area contributed by atoms with Gasteiger partial charge >= 0.3 is 0 Å². The lowest BCUT2D eigenvalue weighted by Gasteiger charge is -1.98. The monoisotopic (exact) mass is 257 g/mol. The van der Waals surface area contributed by atoms with E-state index in [9.17, 15) is 0 Å². The first-order valence-corrected chi connectivity index (χ1v) is 5.40. The Labute approximate surface area is 88.1 Å². The molecule has 3 N–H and O–H groups in total. The van der Waals surface area contributed by atoms with Gasteiger partial charge in [0.25, 0.3) is 0 Å². The van der Waals surface area contributed by atoms with E-state index in [0.29, 0.717) is 0 Å². The minimum atomic E-state index is 0.0598. The third kappa shape index (κ3) is 1.57. The van der Waals surface area contributed by atoms with E-state index in [4.69, 9.17) is 10.8 Å². The molecule has 1 aromatic carbocycles. The highest BCUT2D eigenvalue weighted by molar-refractivity contribution is 9.10.